The summed E-state index contributed by atoms with van der Waals surface area (Å²) in [4.78, 5) is 13.1. The first kappa shape index (κ1) is 49.3. The number of nitrogens with one attached hydrogen (secondary N) is 1. The van der Waals surface area contributed by atoms with Crippen LogP contribution >= 0.6 is 0 Å². The number of rotatable bonds is 6. The Morgan fingerprint density at radius 1 is 0.375 bits per heavy atom. The lowest BCUT2D eigenvalue weighted by Crippen LogP contribution is -2.40. The molecule has 19 rings (SSSR count). The molecule has 0 fully saturated rings. The first-order chi connectivity index (χ1) is 43.7. The smallest absolute Gasteiger partial charge is 0.145 e. The van der Waals surface area contributed by atoms with Crippen LogP contribution in [0.2, 0.25) is 0 Å². The van der Waals surface area contributed by atoms with E-state index < -0.39 is 10.8 Å². The van der Waals surface area contributed by atoms with Crippen LogP contribution in [0.3, 0.4) is 0 Å². The second kappa shape index (κ2) is 18.8. The highest BCUT2D eigenvalue weighted by Crippen LogP contribution is 2.69. The Kier molecular flexibility index (Phi) is 10.5. The Bertz CT molecular complexity index is 4880. The number of anilines is 7. The van der Waals surface area contributed by atoms with E-state index in [0.29, 0.717) is 0 Å². The van der Waals surface area contributed by atoms with Gasteiger partial charge >= 0.3 is 0 Å². The number of aryl methyl sites for hydroxylation is 1. The third-order valence-corrected chi connectivity index (χ3v) is 20.1. The number of hydrogen-bond donors (Lipinski definition) is 1. The van der Waals surface area contributed by atoms with Crippen LogP contribution in [0.4, 0.5) is 39.8 Å². The Morgan fingerprint density at radius 2 is 0.818 bits per heavy atom. The Balaban J connectivity index is 0.879. The van der Waals surface area contributed by atoms with Crippen molar-refractivity contribution in [2.75, 3.05) is 14.7 Å². The van der Waals surface area contributed by atoms with Crippen LogP contribution < -0.4 is 20.0 Å². The molecule has 6 nitrogen and oxygen atoms in total. The van der Waals surface area contributed by atoms with Gasteiger partial charge in [-0.15, -0.1) is 0 Å². The molecule has 1 atom stereocenters. The maximum atomic E-state index is 5.42. The van der Waals surface area contributed by atoms with Crippen molar-refractivity contribution >= 4 is 45.9 Å². The van der Waals surface area contributed by atoms with Crippen LogP contribution in [0, 0.1) is 0 Å². The first-order valence-electron chi connectivity index (χ1n) is 31.1. The number of aromatic nitrogens is 2. The summed E-state index contributed by atoms with van der Waals surface area (Å²) < 4.78 is 2.34. The molecule has 0 bridgehead atoms. The number of fused-ring (bicyclic) bond motifs is 19. The second-order valence-electron chi connectivity index (χ2n) is 24.3. The van der Waals surface area contributed by atoms with Crippen molar-refractivity contribution in [3.8, 4) is 39.3 Å². The summed E-state index contributed by atoms with van der Waals surface area (Å²) in [5.41, 5.74) is 30.1. The molecule has 7 aliphatic rings. The van der Waals surface area contributed by atoms with E-state index in [1.807, 2.05) is 0 Å². The highest BCUT2D eigenvalue weighted by Gasteiger charge is 2.56. The maximum Gasteiger partial charge on any atom is 0.145 e. The predicted octanol–water partition coefficient (Wildman–Crippen LogP) is 19.5. The number of allylic oxidation sites excluding steroid dienone is 4. The quantitative estimate of drug-likeness (QED) is 0.180. The molecule has 3 aliphatic heterocycles. The van der Waals surface area contributed by atoms with Gasteiger partial charge in [-0.2, -0.15) is 0 Å². The van der Waals surface area contributed by atoms with Gasteiger partial charge in [-0.05, 0) is 195 Å². The molecule has 4 aliphatic carbocycles. The van der Waals surface area contributed by atoms with Gasteiger partial charge in [0.25, 0.3) is 0 Å². The van der Waals surface area contributed by atoms with E-state index in [0.717, 1.165) is 88.3 Å². The van der Waals surface area contributed by atoms with Gasteiger partial charge in [-0.1, -0.05) is 194 Å². The fourth-order valence-electron chi connectivity index (χ4n) is 16.6. The molecule has 2 spiro atoms. The Labute approximate surface area is 512 Å². The second-order valence-corrected chi connectivity index (χ2v) is 24.3. The molecule has 0 radical (unpaired) electrons. The van der Waals surface area contributed by atoms with Gasteiger partial charge in [0, 0.05) is 34.0 Å². The lowest BCUT2D eigenvalue weighted by molar-refractivity contribution is 0.647. The molecule has 88 heavy (non-hydrogen) atoms. The number of benzene rings is 11. The van der Waals surface area contributed by atoms with E-state index >= 15 is 0 Å². The number of nitrogens with zero attached hydrogens (tertiary/aromatic N) is 5. The fourth-order valence-corrected chi connectivity index (χ4v) is 16.6. The molecule has 416 valence electrons. The number of para-hydroxylation sites is 4. The predicted molar refractivity (Wildman–Crippen MR) is 358 cm³/mol. The van der Waals surface area contributed by atoms with Crippen LogP contribution in [0.5, 0.6) is 0 Å². The van der Waals surface area contributed by atoms with E-state index in [4.69, 9.17) is 4.98 Å². The van der Waals surface area contributed by atoms with Gasteiger partial charge < -0.3 is 20.0 Å². The highest BCUT2D eigenvalue weighted by molar-refractivity contribution is 6.02. The van der Waals surface area contributed by atoms with E-state index in [2.05, 4.69) is 316 Å². The zero-order valence-corrected chi connectivity index (χ0v) is 48.4. The molecule has 12 aromatic rings. The van der Waals surface area contributed by atoms with E-state index in [1.165, 1.54) is 89.4 Å². The standard InChI is InChI=1S/C82H58N6/c1-3-23-55(24-4-1)87-75-41-21-17-37-71(75)83-79(87)53-43-47-57(48-44-53)85-73-39-19-15-35-67(73)81(63-31-11-7-27-59(63)60-28-8-12-32-64(60)81)69-52-78-70(51-77(69)85)82(65-33-13-9-29-61(65)62-30-10-14-34-66(62)82)68-36-16-20-40-74(68)86(78)58-49-45-54(46-50-58)80-84-72-38-18-22-42-76(72)88(80)56-25-5-2-6-26-56/h1-17,19-20,22-37,39-40,42-52,79,83H,18,21,38,41H2. The molecule has 11 aromatic carbocycles. The minimum Gasteiger partial charge on any atom is -0.360 e. The summed E-state index contributed by atoms with van der Waals surface area (Å²) in [6.07, 6.45) is 13.0. The summed E-state index contributed by atoms with van der Waals surface area (Å²) in [6, 6.07) is 101. The van der Waals surface area contributed by atoms with Crippen molar-refractivity contribution in [1.82, 2.24) is 14.9 Å². The summed E-state index contributed by atoms with van der Waals surface area (Å²) in [7, 11) is 0. The maximum absolute atomic E-state index is 5.42. The summed E-state index contributed by atoms with van der Waals surface area (Å²) in [5, 5.41) is 3.97. The Morgan fingerprint density at radius 3 is 1.35 bits per heavy atom. The Hall–Kier alpha value is -11.0. The van der Waals surface area contributed by atoms with Crippen molar-refractivity contribution in [3.63, 3.8) is 0 Å². The first-order valence-corrected chi connectivity index (χ1v) is 31.1. The van der Waals surface area contributed by atoms with Crippen LogP contribution in [-0.2, 0) is 17.3 Å². The summed E-state index contributed by atoms with van der Waals surface area (Å²) >= 11 is 0. The van der Waals surface area contributed by atoms with Crippen LogP contribution in [0.25, 0.3) is 45.4 Å². The highest BCUT2D eigenvalue weighted by atomic mass is 15.3. The molecule has 0 saturated carbocycles. The molecule has 1 unspecified atom stereocenters. The van der Waals surface area contributed by atoms with Crippen molar-refractivity contribution in [1.29, 1.82) is 0 Å². The van der Waals surface area contributed by atoms with Gasteiger partial charge in [-0.25, -0.2) is 4.98 Å². The molecule has 6 heteroatoms. The molecular formula is C82H58N6. The molecule has 4 heterocycles. The molecular weight excluding hydrogens is 1070 g/mol. The molecule has 0 saturated heterocycles. The number of imidazole rings is 1. The summed E-state index contributed by atoms with van der Waals surface area (Å²) in [6.45, 7) is 0. The third-order valence-electron chi connectivity index (χ3n) is 20.1. The monoisotopic (exact) mass is 1130 g/mol. The average Bonchev–Trinajstić information content (AvgIpc) is 1.86. The van der Waals surface area contributed by atoms with E-state index in [-0.39, 0.29) is 6.17 Å². The van der Waals surface area contributed by atoms with Crippen molar-refractivity contribution in [3.05, 3.63) is 358 Å². The van der Waals surface area contributed by atoms with Crippen LogP contribution in [0.15, 0.2) is 297 Å². The van der Waals surface area contributed by atoms with E-state index in [1.54, 1.807) is 0 Å². The lowest BCUT2D eigenvalue weighted by atomic mass is 9.61. The largest absolute Gasteiger partial charge is 0.360 e. The average molecular weight is 1130 g/mol. The van der Waals surface area contributed by atoms with Gasteiger partial charge in [0.15, 0.2) is 0 Å². The third kappa shape index (κ3) is 6.63. The minimum atomic E-state index is -0.696. The van der Waals surface area contributed by atoms with Gasteiger partial charge in [0.1, 0.15) is 12.0 Å². The zero-order valence-electron chi connectivity index (χ0n) is 48.4. The van der Waals surface area contributed by atoms with Gasteiger partial charge in [0.2, 0.25) is 0 Å². The van der Waals surface area contributed by atoms with Gasteiger partial charge in [0.05, 0.1) is 50.7 Å². The molecule has 1 aromatic heterocycles. The SMILES string of the molecule is C1=CC2=C(CC1)N(c1ccccc1)C(c1ccc(N3c4ccccc4C4(c5ccccc5-c5ccccc54)c4cc5c(cc43)C3(c4ccccc4-c4ccccc43)c3ccccc3N5c3ccc(-c4nc5c(n4-c4ccccc4)C=CCC5)cc3)cc1)N2. The van der Waals surface area contributed by atoms with E-state index in [9.17, 15) is 0 Å². The van der Waals surface area contributed by atoms with Crippen molar-refractivity contribution < 1.29 is 0 Å². The van der Waals surface area contributed by atoms with Gasteiger partial charge in [-0.3, -0.25) is 4.57 Å². The van der Waals surface area contributed by atoms with Crippen molar-refractivity contribution in [2.24, 2.45) is 0 Å². The van der Waals surface area contributed by atoms with Crippen LogP contribution in [0.1, 0.15) is 86.9 Å². The van der Waals surface area contributed by atoms with Crippen LogP contribution in [-0.4, -0.2) is 9.55 Å². The lowest BCUT2D eigenvalue weighted by Gasteiger charge is -2.49. The summed E-state index contributed by atoms with van der Waals surface area (Å²) in [5.74, 6) is 0.953. The normalized spacial score (nSPS) is 16.9. The minimum absolute atomic E-state index is 0.0671. The topological polar surface area (TPSA) is 39.6 Å². The van der Waals surface area contributed by atoms with Crippen molar-refractivity contribution in [2.45, 2.75) is 42.7 Å². The zero-order chi connectivity index (χ0) is 57.7. The number of hydrogen-bond acceptors (Lipinski definition) is 5. The molecule has 1 N–H and O–H groups in total. The molecule has 0 amide bonds. The fraction of sp³-hybridized carbons (Fsp3) is 0.0854.